The summed E-state index contributed by atoms with van der Waals surface area (Å²) < 4.78 is 0. The Hall–Kier alpha value is -1.80. The van der Waals surface area contributed by atoms with Crippen molar-refractivity contribution in [1.29, 1.82) is 0 Å². The Kier molecular flexibility index (Phi) is 4.55. The first-order valence-electron chi connectivity index (χ1n) is 4.63. The van der Waals surface area contributed by atoms with Crippen LogP contribution in [0, 0.1) is 12.5 Å². The Balaban J connectivity index is 2.99. The lowest BCUT2D eigenvalue weighted by molar-refractivity contribution is -0.116. The fraction of sp³-hybridized carbons (Fsp3) is 0.182. The van der Waals surface area contributed by atoms with Crippen molar-refractivity contribution in [3.8, 4) is 12.5 Å². The lowest BCUT2D eigenvalue weighted by atomic mass is 10.2. The van der Waals surface area contributed by atoms with Gasteiger partial charge in [-0.2, -0.15) is 12.6 Å². The number of nitrogens with two attached hydrogens (primary N) is 1. The standard InChI is InChI=1S/C11H13N3OS/c1-2-13-9-5-3-4-6-10(9)14(8-16)7-11(12)15/h1,3-6,13,16H,7-8H2,(H2,12,15). The van der Waals surface area contributed by atoms with Gasteiger partial charge in [-0.15, -0.1) is 0 Å². The highest BCUT2D eigenvalue weighted by Crippen LogP contribution is 2.25. The molecule has 0 atom stereocenters. The number of anilines is 2. The van der Waals surface area contributed by atoms with Crippen LogP contribution >= 0.6 is 12.6 Å². The highest BCUT2D eigenvalue weighted by molar-refractivity contribution is 7.80. The van der Waals surface area contributed by atoms with Crippen LogP contribution in [0.15, 0.2) is 24.3 Å². The van der Waals surface area contributed by atoms with Crippen molar-refractivity contribution in [1.82, 2.24) is 0 Å². The molecule has 0 heterocycles. The zero-order chi connectivity index (χ0) is 12.0. The molecule has 3 N–H and O–H groups in total. The number of primary amides is 1. The van der Waals surface area contributed by atoms with E-state index in [0.29, 0.717) is 5.88 Å². The van der Waals surface area contributed by atoms with Gasteiger partial charge >= 0.3 is 0 Å². The number of hydrogen-bond donors (Lipinski definition) is 3. The van der Waals surface area contributed by atoms with E-state index in [1.807, 2.05) is 24.3 Å². The summed E-state index contributed by atoms with van der Waals surface area (Å²) in [4.78, 5) is 12.6. The number of hydrogen-bond acceptors (Lipinski definition) is 4. The molecule has 0 radical (unpaired) electrons. The van der Waals surface area contributed by atoms with Crippen LogP contribution < -0.4 is 16.0 Å². The molecule has 0 aliphatic rings. The van der Waals surface area contributed by atoms with Gasteiger partial charge in [0.25, 0.3) is 0 Å². The van der Waals surface area contributed by atoms with E-state index in [1.165, 1.54) is 0 Å². The number of rotatable bonds is 5. The van der Waals surface area contributed by atoms with Gasteiger partial charge in [-0.25, -0.2) is 0 Å². The zero-order valence-corrected chi connectivity index (χ0v) is 9.58. The van der Waals surface area contributed by atoms with Gasteiger partial charge in [0.15, 0.2) is 0 Å². The van der Waals surface area contributed by atoms with Crippen LogP contribution in [0.5, 0.6) is 0 Å². The Morgan fingerprint density at radius 1 is 1.56 bits per heavy atom. The highest BCUT2D eigenvalue weighted by atomic mass is 32.1. The lowest BCUT2D eigenvalue weighted by Crippen LogP contribution is -2.33. The molecule has 4 nitrogen and oxygen atoms in total. The van der Waals surface area contributed by atoms with E-state index in [0.717, 1.165) is 11.4 Å². The number of benzene rings is 1. The zero-order valence-electron chi connectivity index (χ0n) is 8.68. The number of nitrogens with zero attached hydrogens (tertiary/aromatic N) is 1. The molecule has 1 rings (SSSR count). The Morgan fingerprint density at radius 3 is 2.81 bits per heavy atom. The van der Waals surface area contributed by atoms with E-state index < -0.39 is 5.91 Å². The largest absolute Gasteiger partial charge is 0.368 e. The minimum Gasteiger partial charge on any atom is -0.368 e. The van der Waals surface area contributed by atoms with E-state index >= 15 is 0 Å². The van der Waals surface area contributed by atoms with Crippen LogP contribution in [0.25, 0.3) is 0 Å². The predicted molar refractivity (Wildman–Crippen MR) is 69.3 cm³/mol. The van der Waals surface area contributed by atoms with Crippen molar-refractivity contribution in [2.75, 3.05) is 22.6 Å². The number of amides is 1. The van der Waals surface area contributed by atoms with Gasteiger partial charge in [0, 0.05) is 6.04 Å². The fourth-order valence-corrected chi connectivity index (χ4v) is 1.58. The molecule has 0 aliphatic heterocycles. The van der Waals surface area contributed by atoms with Crippen LogP contribution in [0.1, 0.15) is 0 Å². The number of carbonyl (C=O) groups is 1. The molecule has 1 aromatic rings. The highest BCUT2D eigenvalue weighted by Gasteiger charge is 2.11. The number of para-hydroxylation sites is 2. The number of nitrogens with one attached hydrogen (secondary N) is 1. The molecule has 16 heavy (non-hydrogen) atoms. The number of terminal acetylenes is 1. The quantitative estimate of drug-likeness (QED) is 0.307. The molecule has 5 heteroatoms. The second-order valence-corrected chi connectivity index (χ2v) is 3.38. The van der Waals surface area contributed by atoms with E-state index in [4.69, 9.17) is 12.2 Å². The monoisotopic (exact) mass is 235 g/mol. The molecule has 0 saturated carbocycles. The van der Waals surface area contributed by atoms with E-state index in [9.17, 15) is 4.79 Å². The third-order valence-corrected chi connectivity index (χ3v) is 2.31. The maximum atomic E-state index is 10.9. The summed E-state index contributed by atoms with van der Waals surface area (Å²) in [6.45, 7) is 0.104. The maximum absolute atomic E-state index is 10.9. The first kappa shape index (κ1) is 12.3. The SMILES string of the molecule is C#CNc1ccccc1N(CS)CC(N)=O. The van der Waals surface area contributed by atoms with Gasteiger partial charge < -0.3 is 16.0 Å². The first-order valence-corrected chi connectivity index (χ1v) is 5.27. The summed E-state index contributed by atoms with van der Waals surface area (Å²) in [6, 6.07) is 9.72. The third kappa shape index (κ3) is 3.11. The van der Waals surface area contributed by atoms with Crippen LogP contribution in [0.3, 0.4) is 0 Å². The van der Waals surface area contributed by atoms with Crippen molar-refractivity contribution in [3.63, 3.8) is 0 Å². The summed E-state index contributed by atoms with van der Waals surface area (Å²) in [7, 11) is 0. The molecule has 1 amide bonds. The van der Waals surface area contributed by atoms with Crippen LogP contribution in [-0.2, 0) is 4.79 Å². The smallest absolute Gasteiger partial charge is 0.236 e. The molecule has 0 aromatic heterocycles. The van der Waals surface area contributed by atoms with Gasteiger partial charge in [0.1, 0.15) is 0 Å². The topological polar surface area (TPSA) is 58.4 Å². The molecule has 0 saturated heterocycles. The predicted octanol–water partition coefficient (Wildman–Crippen LogP) is 0.868. The number of thiol groups is 1. The maximum Gasteiger partial charge on any atom is 0.236 e. The molecular formula is C11H13N3OS. The van der Waals surface area contributed by atoms with Crippen LogP contribution in [0.4, 0.5) is 11.4 Å². The van der Waals surface area contributed by atoms with Gasteiger partial charge in [-0.05, 0) is 12.1 Å². The first-order chi connectivity index (χ1) is 7.69. The Labute approximate surface area is 100 Å². The van der Waals surface area contributed by atoms with Crippen molar-refractivity contribution < 1.29 is 4.79 Å². The second-order valence-electron chi connectivity index (χ2n) is 3.09. The van der Waals surface area contributed by atoms with Gasteiger partial charge in [0.2, 0.25) is 5.91 Å². The van der Waals surface area contributed by atoms with E-state index in [2.05, 4.69) is 24.0 Å². The van der Waals surface area contributed by atoms with Gasteiger partial charge in [-0.1, -0.05) is 18.6 Å². The van der Waals surface area contributed by atoms with Crippen molar-refractivity contribution >= 4 is 29.9 Å². The van der Waals surface area contributed by atoms with Crippen LogP contribution in [0.2, 0.25) is 0 Å². The van der Waals surface area contributed by atoms with Crippen molar-refractivity contribution in [3.05, 3.63) is 24.3 Å². The molecule has 1 aromatic carbocycles. The summed E-state index contributed by atoms with van der Waals surface area (Å²) in [6.07, 6.45) is 5.18. The average Bonchev–Trinajstić information content (AvgIpc) is 2.27. The Bertz CT molecular complexity index is 414. The second kappa shape index (κ2) is 5.93. The molecular weight excluding hydrogens is 222 g/mol. The van der Waals surface area contributed by atoms with Gasteiger partial charge in [-0.3, -0.25) is 4.79 Å². The molecule has 0 bridgehead atoms. The van der Waals surface area contributed by atoms with Crippen molar-refractivity contribution in [2.45, 2.75) is 0 Å². The molecule has 0 spiro atoms. The molecule has 0 aliphatic carbocycles. The van der Waals surface area contributed by atoms with Gasteiger partial charge in [0.05, 0.1) is 23.8 Å². The normalized spacial score (nSPS) is 9.25. The average molecular weight is 235 g/mol. The van der Waals surface area contributed by atoms with E-state index in [-0.39, 0.29) is 6.54 Å². The molecule has 0 unspecified atom stereocenters. The van der Waals surface area contributed by atoms with Crippen LogP contribution in [-0.4, -0.2) is 18.3 Å². The summed E-state index contributed by atoms with van der Waals surface area (Å²) in [5.74, 6) is -0.0313. The van der Waals surface area contributed by atoms with Crippen molar-refractivity contribution in [2.24, 2.45) is 5.73 Å². The third-order valence-electron chi connectivity index (χ3n) is 1.97. The molecule has 84 valence electrons. The Morgan fingerprint density at radius 2 is 2.25 bits per heavy atom. The minimum atomic E-state index is -0.412. The summed E-state index contributed by atoms with van der Waals surface area (Å²) >= 11 is 4.16. The van der Waals surface area contributed by atoms with E-state index in [1.54, 1.807) is 4.90 Å². The molecule has 0 fully saturated rings. The minimum absolute atomic E-state index is 0.104. The summed E-state index contributed by atoms with van der Waals surface area (Å²) in [5, 5.41) is 2.76. The fourth-order valence-electron chi connectivity index (χ4n) is 1.33. The lowest BCUT2D eigenvalue weighted by Gasteiger charge is -2.23. The number of carbonyl (C=O) groups excluding carboxylic acids is 1. The summed E-state index contributed by atoms with van der Waals surface area (Å²) in [5.41, 5.74) is 6.71.